The second kappa shape index (κ2) is 3.05. The fourth-order valence-corrected chi connectivity index (χ4v) is 2.92. The zero-order valence-electron chi connectivity index (χ0n) is 9.41. The summed E-state index contributed by atoms with van der Waals surface area (Å²) in [6, 6.07) is 0. The molecule has 0 heterocycles. The Labute approximate surface area is 77.7 Å². The van der Waals surface area contributed by atoms with Crippen LogP contribution in [0.5, 0.6) is 0 Å². The SMILES string of the molecule is CCC1(C(C)C)CCC(C)(C)C1. The third-order valence-corrected chi connectivity index (χ3v) is 4.06. The van der Waals surface area contributed by atoms with Crippen molar-refractivity contribution in [3.8, 4) is 0 Å². The van der Waals surface area contributed by atoms with E-state index in [4.69, 9.17) is 0 Å². The van der Waals surface area contributed by atoms with E-state index in [0.29, 0.717) is 10.8 Å². The first-order chi connectivity index (χ1) is 5.42. The fourth-order valence-electron chi connectivity index (χ4n) is 2.92. The van der Waals surface area contributed by atoms with Crippen molar-refractivity contribution in [2.45, 2.75) is 60.3 Å². The van der Waals surface area contributed by atoms with E-state index in [1.165, 1.54) is 25.7 Å². The van der Waals surface area contributed by atoms with Crippen molar-refractivity contribution in [1.82, 2.24) is 0 Å². The van der Waals surface area contributed by atoms with E-state index in [1.807, 2.05) is 0 Å². The maximum absolute atomic E-state index is 2.42. The Bertz CT molecular complexity index is 155. The average Bonchev–Trinajstić information content (AvgIpc) is 2.27. The molecule has 1 saturated carbocycles. The smallest absolute Gasteiger partial charge is 0.0272 e. The highest BCUT2D eigenvalue weighted by Crippen LogP contribution is 2.54. The molecule has 12 heavy (non-hydrogen) atoms. The van der Waals surface area contributed by atoms with Gasteiger partial charge in [-0.05, 0) is 36.0 Å². The molecule has 0 aliphatic heterocycles. The highest BCUT2D eigenvalue weighted by molar-refractivity contribution is 4.94. The molecule has 1 rings (SSSR count). The molecule has 0 amide bonds. The lowest BCUT2D eigenvalue weighted by Gasteiger charge is -2.34. The number of rotatable bonds is 2. The predicted octanol–water partition coefficient (Wildman–Crippen LogP) is 4.25. The lowest BCUT2D eigenvalue weighted by Crippen LogP contribution is -2.24. The summed E-state index contributed by atoms with van der Waals surface area (Å²) < 4.78 is 0. The van der Waals surface area contributed by atoms with Gasteiger partial charge in [-0.2, -0.15) is 0 Å². The lowest BCUT2D eigenvalue weighted by atomic mass is 9.71. The van der Waals surface area contributed by atoms with Gasteiger partial charge in [-0.1, -0.05) is 41.0 Å². The second-order valence-corrected chi connectivity index (χ2v) is 5.71. The van der Waals surface area contributed by atoms with Gasteiger partial charge in [-0.25, -0.2) is 0 Å². The average molecular weight is 168 g/mol. The quantitative estimate of drug-likeness (QED) is 0.578. The number of hydrogen-bond acceptors (Lipinski definition) is 0. The standard InChI is InChI=1S/C12H24/c1-6-12(10(2)3)8-7-11(4,5)9-12/h10H,6-9H2,1-5H3. The molecule has 0 radical (unpaired) electrons. The first-order valence-electron chi connectivity index (χ1n) is 5.42. The first-order valence-corrected chi connectivity index (χ1v) is 5.42. The zero-order valence-corrected chi connectivity index (χ0v) is 9.41. The third-order valence-electron chi connectivity index (χ3n) is 4.06. The molecular weight excluding hydrogens is 144 g/mol. The van der Waals surface area contributed by atoms with Gasteiger partial charge in [0.15, 0.2) is 0 Å². The van der Waals surface area contributed by atoms with Crippen LogP contribution in [0.4, 0.5) is 0 Å². The summed E-state index contributed by atoms with van der Waals surface area (Å²) >= 11 is 0. The van der Waals surface area contributed by atoms with Crippen molar-refractivity contribution in [3.05, 3.63) is 0 Å². The first kappa shape index (κ1) is 10.1. The van der Waals surface area contributed by atoms with Crippen LogP contribution in [-0.2, 0) is 0 Å². The van der Waals surface area contributed by atoms with Crippen LogP contribution in [0.3, 0.4) is 0 Å². The molecule has 0 aromatic carbocycles. The number of hydrogen-bond donors (Lipinski definition) is 0. The maximum atomic E-state index is 2.42. The van der Waals surface area contributed by atoms with Crippen LogP contribution < -0.4 is 0 Å². The van der Waals surface area contributed by atoms with Gasteiger partial charge in [-0.3, -0.25) is 0 Å². The predicted molar refractivity (Wildman–Crippen MR) is 55.2 cm³/mol. The topological polar surface area (TPSA) is 0 Å². The van der Waals surface area contributed by atoms with E-state index < -0.39 is 0 Å². The summed E-state index contributed by atoms with van der Waals surface area (Å²) in [6.07, 6.45) is 5.69. The minimum absolute atomic E-state index is 0.611. The molecule has 1 unspecified atom stereocenters. The van der Waals surface area contributed by atoms with Crippen LogP contribution in [0, 0.1) is 16.7 Å². The Balaban J connectivity index is 2.73. The Kier molecular flexibility index (Phi) is 2.56. The molecule has 1 aliphatic rings. The maximum Gasteiger partial charge on any atom is -0.0272 e. The minimum atomic E-state index is 0.611. The van der Waals surface area contributed by atoms with E-state index in [0.717, 1.165) is 5.92 Å². The van der Waals surface area contributed by atoms with Gasteiger partial charge < -0.3 is 0 Å². The summed E-state index contributed by atoms with van der Waals surface area (Å²) in [4.78, 5) is 0. The molecule has 1 atom stereocenters. The highest BCUT2D eigenvalue weighted by Gasteiger charge is 2.43. The van der Waals surface area contributed by atoms with Gasteiger partial charge in [0.2, 0.25) is 0 Å². The summed E-state index contributed by atoms with van der Waals surface area (Å²) in [5, 5.41) is 0. The van der Waals surface area contributed by atoms with Crippen molar-refractivity contribution < 1.29 is 0 Å². The zero-order chi connectivity index (χ0) is 9.41. The second-order valence-electron chi connectivity index (χ2n) is 5.71. The summed E-state index contributed by atoms with van der Waals surface area (Å²) in [5.74, 6) is 0.865. The third kappa shape index (κ3) is 1.67. The van der Waals surface area contributed by atoms with Gasteiger partial charge in [0.25, 0.3) is 0 Å². The Morgan fingerprint density at radius 2 is 1.75 bits per heavy atom. The molecular formula is C12H24. The molecule has 0 aromatic heterocycles. The lowest BCUT2D eigenvalue weighted by molar-refractivity contribution is 0.165. The molecule has 0 heteroatoms. The molecule has 72 valence electrons. The highest BCUT2D eigenvalue weighted by atomic mass is 14.5. The molecule has 0 nitrogen and oxygen atoms in total. The van der Waals surface area contributed by atoms with Gasteiger partial charge in [0, 0.05) is 0 Å². The van der Waals surface area contributed by atoms with E-state index in [9.17, 15) is 0 Å². The van der Waals surface area contributed by atoms with Crippen LogP contribution in [0.25, 0.3) is 0 Å². The van der Waals surface area contributed by atoms with E-state index in [2.05, 4.69) is 34.6 Å². The van der Waals surface area contributed by atoms with Crippen molar-refractivity contribution in [2.75, 3.05) is 0 Å². The van der Waals surface area contributed by atoms with Crippen LogP contribution in [0.2, 0.25) is 0 Å². The van der Waals surface area contributed by atoms with Crippen LogP contribution in [-0.4, -0.2) is 0 Å². The summed E-state index contributed by atoms with van der Waals surface area (Å²) in [7, 11) is 0. The molecule has 1 fully saturated rings. The van der Waals surface area contributed by atoms with Crippen molar-refractivity contribution in [3.63, 3.8) is 0 Å². The van der Waals surface area contributed by atoms with Crippen molar-refractivity contribution in [1.29, 1.82) is 0 Å². The molecule has 1 aliphatic carbocycles. The van der Waals surface area contributed by atoms with Gasteiger partial charge in [-0.15, -0.1) is 0 Å². The minimum Gasteiger partial charge on any atom is -0.0648 e. The Morgan fingerprint density at radius 3 is 1.92 bits per heavy atom. The normalized spacial score (nSPS) is 34.5. The largest absolute Gasteiger partial charge is 0.0648 e. The summed E-state index contributed by atoms with van der Waals surface area (Å²) in [5.41, 5.74) is 1.28. The Morgan fingerprint density at radius 1 is 1.17 bits per heavy atom. The van der Waals surface area contributed by atoms with Gasteiger partial charge in [0.05, 0.1) is 0 Å². The van der Waals surface area contributed by atoms with Crippen molar-refractivity contribution in [2.24, 2.45) is 16.7 Å². The van der Waals surface area contributed by atoms with E-state index >= 15 is 0 Å². The molecule has 0 N–H and O–H groups in total. The van der Waals surface area contributed by atoms with Crippen LogP contribution >= 0.6 is 0 Å². The van der Waals surface area contributed by atoms with E-state index in [-0.39, 0.29) is 0 Å². The van der Waals surface area contributed by atoms with E-state index in [1.54, 1.807) is 0 Å². The molecule has 0 aromatic rings. The fraction of sp³-hybridized carbons (Fsp3) is 1.00. The van der Waals surface area contributed by atoms with Crippen molar-refractivity contribution >= 4 is 0 Å². The molecule has 0 saturated heterocycles. The molecule has 0 spiro atoms. The summed E-state index contributed by atoms with van der Waals surface area (Å²) in [6.45, 7) is 12.0. The van der Waals surface area contributed by atoms with Crippen LogP contribution in [0.15, 0.2) is 0 Å². The van der Waals surface area contributed by atoms with Crippen LogP contribution in [0.1, 0.15) is 60.3 Å². The Hall–Kier alpha value is 0. The molecule has 0 bridgehead atoms. The van der Waals surface area contributed by atoms with Gasteiger partial charge in [0.1, 0.15) is 0 Å². The van der Waals surface area contributed by atoms with Gasteiger partial charge >= 0.3 is 0 Å². The monoisotopic (exact) mass is 168 g/mol.